The van der Waals surface area contributed by atoms with Crippen molar-refractivity contribution in [3.63, 3.8) is 0 Å². The maximum atomic E-state index is 12.1. The second kappa shape index (κ2) is 20.4. The predicted molar refractivity (Wildman–Crippen MR) is 145 cm³/mol. The van der Waals surface area contributed by atoms with Crippen molar-refractivity contribution < 1.29 is 28.3 Å². The fourth-order valence-corrected chi connectivity index (χ4v) is 4.84. The highest BCUT2D eigenvalue weighted by atomic mass is 32.2. The van der Waals surface area contributed by atoms with Crippen molar-refractivity contribution in [2.75, 3.05) is 46.7 Å². The molecular formula is C28H54NO5S+. The largest absolute Gasteiger partial charge is 0.460 e. The Morgan fingerprint density at radius 2 is 1.43 bits per heavy atom. The van der Waals surface area contributed by atoms with Gasteiger partial charge in [-0.05, 0) is 12.8 Å². The molecule has 0 spiro atoms. The topological polar surface area (TPSA) is 61.8 Å². The number of unbranched alkanes of at least 4 members (excludes halogenated alkanes) is 12. The molecule has 0 bridgehead atoms. The summed E-state index contributed by atoms with van der Waals surface area (Å²) in [6, 6.07) is 0. The smallest absolute Gasteiger partial charge is 0.306 e. The van der Waals surface area contributed by atoms with Gasteiger partial charge in [0.1, 0.15) is 13.2 Å². The summed E-state index contributed by atoms with van der Waals surface area (Å²) >= 11 is 1.24. The lowest BCUT2D eigenvalue weighted by Gasteiger charge is -2.23. The molecule has 1 rings (SSSR count). The predicted octanol–water partition coefficient (Wildman–Crippen LogP) is 6.50. The Morgan fingerprint density at radius 3 is 2.00 bits per heavy atom. The molecule has 206 valence electrons. The summed E-state index contributed by atoms with van der Waals surface area (Å²) in [6.07, 6.45) is 18.7. The Balaban J connectivity index is 1.91. The maximum Gasteiger partial charge on any atom is 0.306 e. The highest BCUT2D eigenvalue weighted by molar-refractivity contribution is 8.13. The molecule has 1 saturated heterocycles. The molecule has 2 atom stereocenters. The molecule has 2 unspecified atom stereocenters. The van der Waals surface area contributed by atoms with Crippen LogP contribution in [-0.4, -0.2) is 74.6 Å². The minimum Gasteiger partial charge on any atom is -0.460 e. The fraction of sp³-hybridized carbons (Fsp3) is 0.929. The lowest BCUT2D eigenvalue weighted by molar-refractivity contribution is -0.870. The van der Waals surface area contributed by atoms with Gasteiger partial charge < -0.3 is 18.7 Å². The Kier molecular flexibility index (Phi) is 18.9. The van der Waals surface area contributed by atoms with Crippen LogP contribution in [0.1, 0.15) is 110 Å². The molecule has 1 heterocycles. The first kappa shape index (κ1) is 32.4. The van der Waals surface area contributed by atoms with Gasteiger partial charge in [0.2, 0.25) is 0 Å². The normalized spacial score (nSPS) is 18.2. The van der Waals surface area contributed by atoms with E-state index < -0.39 is 0 Å². The van der Waals surface area contributed by atoms with Gasteiger partial charge in [0.05, 0.1) is 40.3 Å². The van der Waals surface area contributed by atoms with Crippen molar-refractivity contribution in [3.05, 3.63) is 0 Å². The number of thioether (sulfide) groups is 1. The van der Waals surface area contributed by atoms with Crippen LogP contribution in [0, 0.1) is 0 Å². The Morgan fingerprint density at radius 1 is 0.857 bits per heavy atom. The van der Waals surface area contributed by atoms with Crippen LogP contribution in [0.15, 0.2) is 0 Å². The molecule has 7 heteroatoms. The van der Waals surface area contributed by atoms with Crippen molar-refractivity contribution in [2.24, 2.45) is 0 Å². The summed E-state index contributed by atoms with van der Waals surface area (Å²) in [4.78, 5) is 23.9. The third kappa shape index (κ3) is 20.1. The van der Waals surface area contributed by atoms with Gasteiger partial charge in [-0.25, -0.2) is 0 Å². The first-order valence-corrected chi connectivity index (χ1v) is 15.2. The van der Waals surface area contributed by atoms with Crippen molar-refractivity contribution >= 4 is 22.8 Å². The summed E-state index contributed by atoms with van der Waals surface area (Å²) in [7, 11) is 6.15. The molecular weight excluding hydrogens is 462 g/mol. The highest BCUT2D eigenvalue weighted by Gasteiger charge is 2.26. The quantitative estimate of drug-likeness (QED) is 0.0930. The fourth-order valence-electron chi connectivity index (χ4n) is 4.04. The summed E-state index contributed by atoms with van der Waals surface area (Å²) < 4.78 is 17.6. The molecule has 0 N–H and O–H groups in total. The number of hydrogen-bond acceptors (Lipinski definition) is 6. The SMILES string of the molecule is CCCCCCCCCCCCCCCC1OCC(CSC(=O)CCC(=O)OCC[N+](C)(C)C)O1. The van der Waals surface area contributed by atoms with Crippen LogP contribution in [0.4, 0.5) is 0 Å². The number of likely N-dealkylation sites (N-methyl/N-ethyl adjacent to an activating group) is 1. The van der Waals surface area contributed by atoms with E-state index in [0.29, 0.717) is 19.0 Å². The van der Waals surface area contributed by atoms with Crippen molar-refractivity contribution in [2.45, 2.75) is 122 Å². The van der Waals surface area contributed by atoms with Crippen LogP contribution in [0.25, 0.3) is 0 Å². The van der Waals surface area contributed by atoms with E-state index in [0.717, 1.165) is 23.9 Å². The number of esters is 1. The summed E-state index contributed by atoms with van der Waals surface area (Å²) in [5.74, 6) is 0.288. The lowest BCUT2D eigenvalue weighted by Crippen LogP contribution is -2.38. The average Bonchev–Trinajstić information content (AvgIpc) is 3.26. The van der Waals surface area contributed by atoms with Crippen LogP contribution in [0.2, 0.25) is 0 Å². The minimum absolute atomic E-state index is 0.0112. The monoisotopic (exact) mass is 516 g/mol. The molecule has 0 aliphatic carbocycles. The zero-order valence-electron chi connectivity index (χ0n) is 23.2. The number of quaternary nitrogens is 1. The average molecular weight is 517 g/mol. The van der Waals surface area contributed by atoms with E-state index in [4.69, 9.17) is 14.2 Å². The van der Waals surface area contributed by atoms with Gasteiger partial charge in [-0.1, -0.05) is 95.7 Å². The van der Waals surface area contributed by atoms with E-state index in [1.54, 1.807) is 0 Å². The second-order valence-electron chi connectivity index (χ2n) is 11.0. The number of carbonyl (C=O) groups is 2. The van der Waals surface area contributed by atoms with E-state index >= 15 is 0 Å². The van der Waals surface area contributed by atoms with Crippen LogP contribution in [-0.2, 0) is 23.8 Å². The van der Waals surface area contributed by atoms with Gasteiger partial charge in [0.25, 0.3) is 0 Å². The molecule has 6 nitrogen and oxygen atoms in total. The van der Waals surface area contributed by atoms with E-state index in [1.807, 2.05) is 21.1 Å². The third-order valence-corrected chi connectivity index (χ3v) is 7.41. The molecule has 35 heavy (non-hydrogen) atoms. The second-order valence-corrected chi connectivity index (χ2v) is 12.0. The highest BCUT2D eigenvalue weighted by Crippen LogP contribution is 2.22. The van der Waals surface area contributed by atoms with Gasteiger partial charge in [-0.15, -0.1) is 0 Å². The number of rotatable bonds is 22. The zero-order chi connectivity index (χ0) is 25.8. The van der Waals surface area contributed by atoms with E-state index in [1.165, 1.54) is 88.8 Å². The molecule has 0 radical (unpaired) electrons. The van der Waals surface area contributed by atoms with Crippen molar-refractivity contribution in [1.29, 1.82) is 0 Å². The number of carbonyl (C=O) groups excluding carboxylic acids is 2. The maximum absolute atomic E-state index is 12.1. The lowest BCUT2D eigenvalue weighted by atomic mass is 10.0. The summed E-state index contributed by atoms with van der Waals surface area (Å²) in [5, 5.41) is 0.0112. The minimum atomic E-state index is -0.300. The molecule has 1 aliphatic heterocycles. The Hall–Kier alpha value is -0.630. The van der Waals surface area contributed by atoms with Crippen molar-refractivity contribution in [1.82, 2.24) is 0 Å². The molecule has 0 amide bonds. The Labute approximate surface area is 219 Å². The standard InChI is InChI=1S/C28H54NO5S/c1-5-6-7-8-9-10-11-12-13-14-15-16-17-18-28-33-23-25(34-28)24-35-27(31)20-19-26(30)32-22-21-29(2,3)4/h25,28H,5-24H2,1-4H3/q+1. The van der Waals surface area contributed by atoms with Gasteiger partial charge in [-0.3, -0.25) is 9.59 Å². The number of nitrogens with zero attached hydrogens (tertiary/aromatic N) is 1. The number of ether oxygens (including phenoxy) is 3. The van der Waals surface area contributed by atoms with E-state index in [9.17, 15) is 9.59 Å². The first-order valence-electron chi connectivity index (χ1n) is 14.2. The summed E-state index contributed by atoms with van der Waals surface area (Å²) in [6.45, 7) is 3.97. The van der Waals surface area contributed by atoms with E-state index in [-0.39, 0.29) is 36.3 Å². The van der Waals surface area contributed by atoms with Crippen molar-refractivity contribution in [3.8, 4) is 0 Å². The van der Waals surface area contributed by atoms with Gasteiger partial charge >= 0.3 is 5.97 Å². The Bertz CT molecular complexity index is 552. The van der Waals surface area contributed by atoms with E-state index in [2.05, 4.69) is 6.92 Å². The number of hydrogen-bond donors (Lipinski definition) is 0. The molecule has 0 aromatic heterocycles. The third-order valence-electron chi connectivity index (χ3n) is 6.34. The van der Waals surface area contributed by atoms with Crippen LogP contribution < -0.4 is 0 Å². The molecule has 1 aliphatic rings. The first-order chi connectivity index (χ1) is 16.8. The molecule has 0 aromatic carbocycles. The summed E-state index contributed by atoms with van der Waals surface area (Å²) in [5.41, 5.74) is 0. The zero-order valence-corrected chi connectivity index (χ0v) is 24.0. The molecule has 0 saturated carbocycles. The van der Waals surface area contributed by atoms with Gasteiger partial charge in [0, 0.05) is 12.2 Å². The van der Waals surface area contributed by atoms with Crippen LogP contribution in [0.3, 0.4) is 0 Å². The van der Waals surface area contributed by atoms with Crippen LogP contribution >= 0.6 is 11.8 Å². The van der Waals surface area contributed by atoms with Crippen LogP contribution in [0.5, 0.6) is 0 Å². The molecule has 0 aromatic rings. The van der Waals surface area contributed by atoms with Gasteiger partial charge in [0.15, 0.2) is 11.4 Å². The van der Waals surface area contributed by atoms with Gasteiger partial charge in [-0.2, -0.15) is 0 Å². The molecule has 1 fully saturated rings.